The van der Waals surface area contributed by atoms with Gasteiger partial charge in [0.1, 0.15) is 0 Å². The van der Waals surface area contributed by atoms with Crippen LogP contribution in [0.15, 0.2) is 30.5 Å². The van der Waals surface area contributed by atoms with Gasteiger partial charge in [-0.15, -0.1) is 0 Å². The lowest BCUT2D eigenvalue weighted by molar-refractivity contribution is 0.123. The third-order valence-electron chi connectivity index (χ3n) is 3.02. The summed E-state index contributed by atoms with van der Waals surface area (Å²) in [4.78, 5) is 2.84. The number of hydrogen-bond donors (Lipinski definition) is 1. The van der Waals surface area contributed by atoms with Crippen LogP contribution in [0.5, 0.6) is 0 Å². The fourth-order valence-corrected chi connectivity index (χ4v) is 3.25. The maximum Gasteiger partial charge on any atom is 0.265 e. The zero-order valence-corrected chi connectivity index (χ0v) is 11.5. The summed E-state index contributed by atoms with van der Waals surface area (Å²) in [6.45, 7) is 0. The van der Waals surface area contributed by atoms with E-state index in [-0.39, 0.29) is 5.56 Å². The molecule has 110 valence electrons. The van der Waals surface area contributed by atoms with E-state index in [9.17, 15) is 26.3 Å². The van der Waals surface area contributed by atoms with E-state index in [0.29, 0.717) is 10.9 Å². The largest absolute Gasteiger partial charge is 0.771 e. The van der Waals surface area contributed by atoms with Crippen LogP contribution in [0.2, 0.25) is 0 Å². The summed E-state index contributed by atoms with van der Waals surface area (Å²) in [5.41, 5.74) is 0.830. The van der Waals surface area contributed by atoms with Gasteiger partial charge in [-0.25, -0.2) is 8.78 Å². The number of benzene rings is 1. The molecule has 1 aromatic heterocycles. The molecule has 9 heteroatoms. The highest BCUT2D eigenvalue weighted by Gasteiger charge is 2.44. The molecule has 20 heavy (non-hydrogen) atoms. The van der Waals surface area contributed by atoms with Crippen molar-refractivity contribution in [2.75, 3.05) is 0 Å². The van der Waals surface area contributed by atoms with Gasteiger partial charge < -0.3 is 14.1 Å². The lowest BCUT2D eigenvalue weighted by Crippen LogP contribution is -2.48. The normalized spacial score (nSPS) is 18.1. The number of halogens is 2. The Hall–Kier alpha value is -1.16. The number of aromatic amines is 1. The number of rotatable bonds is 5. The second-order valence-corrected chi connectivity index (χ2v) is 6.77. The van der Waals surface area contributed by atoms with Crippen molar-refractivity contribution in [1.29, 1.82) is 0 Å². The number of fused-ring (bicyclic) bond motifs is 1. The van der Waals surface area contributed by atoms with Crippen molar-refractivity contribution in [2.45, 2.75) is 16.9 Å². The van der Waals surface area contributed by atoms with Gasteiger partial charge in [0.2, 0.25) is 0 Å². The standard InChI is InChI=1S/C11H11F2NO4S2/c12-10(13)11(19(15)16,20(17)18)6-7-2-1-3-9-8(7)4-5-14-9/h1-5,10,14H,6H2,(H,15,16)(H,17,18)/p-2. The van der Waals surface area contributed by atoms with Crippen LogP contribution in [-0.2, 0) is 28.6 Å². The molecule has 0 radical (unpaired) electrons. The molecule has 1 N–H and O–H groups in total. The Balaban J connectivity index is 2.55. The molecule has 0 amide bonds. The van der Waals surface area contributed by atoms with Crippen molar-refractivity contribution < 1.29 is 26.3 Å². The molecular formula is C11H9F2NO4S2-2. The first-order valence-corrected chi connectivity index (χ1v) is 7.56. The molecule has 2 aromatic rings. The van der Waals surface area contributed by atoms with Crippen LogP contribution in [0.1, 0.15) is 5.56 Å². The smallest absolute Gasteiger partial charge is 0.265 e. The molecule has 0 aliphatic carbocycles. The highest BCUT2D eigenvalue weighted by Crippen LogP contribution is 2.32. The number of alkyl halides is 2. The molecular weight excluding hydrogens is 312 g/mol. The van der Waals surface area contributed by atoms with Crippen LogP contribution in [-0.4, -0.2) is 33.0 Å². The van der Waals surface area contributed by atoms with Gasteiger partial charge in [-0.3, -0.25) is 8.42 Å². The van der Waals surface area contributed by atoms with Gasteiger partial charge in [0, 0.05) is 23.5 Å². The average molecular weight is 321 g/mol. The minimum atomic E-state index is -3.55. The van der Waals surface area contributed by atoms with Crippen LogP contribution in [0.4, 0.5) is 8.78 Å². The van der Waals surface area contributed by atoms with Crippen molar-refractivity contribution in [3.8, 4) is 0 Å². The summed E-state index contributed by atoms with van der Waals surface area (Å²) in [7, 11) is 0. The fourth-order valence-electron chi connectivity index (χ4n) is 1.97. The zero-order valence-electron chi connectivity index (χ0n) is 9.88. The van der Waals surface area contributed by atoms with Crippen LogP contribution in [0.3, 0.4) is 0 Å². The Labute approximate surface area is 118 Å². The van der Waals surface area contributed by atoms with Crippen LogP contribution in [0.25, 0.3) is 10.9 Å². The van der Waals surface area contributed by atoms with E-state index in [2.05, 4.69) is 4.98 Å². The van der Waals surface area contributed by atoms with Gasteiger partial charge in [0.25, 0.3) is 6.43 Å². The molecule has 5 nitrogen and oxygen atoms in total. The third kappa shape index (κ3) is 2.41. The number of hydrogen-bond acceptors (Lipinski definition) is 4. The first-order chi connectivity index (χ1) is 9.39. The minimum absolute atomic E-state index is 0.220. The Morgan fingerprint density at radius 2 is 1.85 bits per heavy atom. The molecule has 1 heterocycles. The van der Waals surface area contributed by atoms with Gasteiger partial charge in [-0.1, -0.05) is 12.1 Å². The number of nitrogens with one attached hydrogen (secondary N) is 1. The predicted octanol–water partition coefficient (Wildman–Crippen LogP) is 1.43. The van der Waals surface area contributed by atoms with Crippen LogP contribution in [0, 0.1) is 0 Å². The molecule has 2 atom stereocenters. The fraction of sp³-hybridized carbons (Fsp3) is 0.273. The third-order valence-corrected chi connectivity index (χ3v) is 5.61. The Morgan fingerprint density at radius 3 is 2.40 bits per heavy atom. The summed E-state index contributed by atoms with van der Waals surface area (Å²) in [6, 6.07) is 6.20. The molecule has 1 aromatic carbocycles. The lowest BCUT2D eigenvalue weighted by Gasteiger charge is -2.36. The number of aromatic nitrogens is 1. The summed E-state index contributed by atoms with van der Waals surface area (Å²) in [5, 5.41) is 0.508. The van der Waals surface area contributed by atoms with Gasteiger partial charge in [-0.2, -0.15) is 0 Å². The molecule has 0 spiro atoms. The van der Waals surface area contributed by atoms with Crippen molar-refractivity contribution in [2.24, 2.45) is 0 Å². The van der Waals surface area contributed by atoms with E-state index in [1.54, 1.807) is 18.3 Å². The van der Waals surface area contributed by atoms with E-state index >= 15 is 0 Å². The van der Waals surface area contributed by atoms with Crippen molar-refractivity contribution in [3.05, 3.63) is 36.0 Å². The van der Waals surface area contributed by atoms with E-state index in [4.69, 9.17) is 0 Å². The van der Waals surface area contributed by atoms with E-state index in [1.165, 1.54) is 12.1 Å². The van der Waals surface area contributed by atoms with E-state index < -0.39 is 39.1 Å². The topological polar surface area (TPSA) is 96.0 Å². The summed E-state index contributed by atoms with van der Waals surface area (Å²) < 4.78 is 67.4. The monoisotopic (exact) mass is 321 g/mol. The minimum Gasteiger partial charge on any atom is -0.771 e. The summed E-state index contributed by atoms with van der Waals surface area (Å²) >= 11 is -6.95. The Bertz CT molecular complexity index is 659. The van der Waals surface area contributed by atoms with Gasteiger partial charge in [0.15, 0.2) is 4.08 Å². The first kappa shape index (κ1) is 15.2. The van der Waals surface area contributed by atoms with Gasteiger partial charge in [-0.05, 0) is 39.9 Å². The Kier molecular flexibility index (Phi) is 4.33. The molecule has 0 saturated heterocycles. The SMILES string of the molecule is O=S([O-])C(Cc1cccc2[nH]ccc12)(C(F)F)S(=O)[O-]. The molecule has 0 bridgehead atoms. The maximum atomic E-state index is 13.1. The molecule has 0 aliphatic heterocycles. The quantitative estimate of drug-likeness (QED) is 0.843. The van der Waals surface area contributed by atoms with Crippen LogP contribution >= 0.6 is 0 Å². The Morgan fingerprint density at radius 1 is 1.20 bits per heavy atom. The molecule has 0 saturated carbocycles. The van der Waals surface area contributed by atoms with Crippen molar-refractivity contribution in [1.82, 2.24) is 4.98 Å². The molecule has 0 fully saturated rings. The zero-order chi connectivity index (χ0) is 14.9. The highest BCUT2D eigenvalue weighted by molar-refractivity contribution is 7.99. The molecule has 2 rings (SSSR count). The van der Waals surface area contributed by atoms with Gasteiger partial charge in [0.05, 0.1) is 0 Å². The van der Waals surface area contributed by atoms with Crippen molar-refractivity contribution in [3.63, 3.8) is 0 Å². The van der Waals surface area contributed by atoms with Crippen molar-refractivity contribution >= 4 is 33.1 Å². The predicted molar refractivity (Wildman–Crippen MR) is 68.6 cm³/mol. The number of H-pyrrole nitrogens is 1. The highest BCUT2D eigenvalue weighted by atomic mass is 32.3. The molecule has 2 unspecified atom stereocenters. The van der Waals surface area contributed by atoms with E-state index in [0.717, 1.165) is 0 Å². The van der Waals surface area contributed by atoms with Crippen LogP contribution < -0.4 is 0 Å². The average Bonchev–Trinajstić information content (AvgIpc) is 2.83. The maximum absolute atomic E-state index is 13.1. The van der Waals surface area contributed by atoms with Gasteiger partial charge >= 0.3 is 0 Å². The summed E-state index contributed by atoms with van der Waals surface area (Å²) in [6.07, 6.45) is -2.81. The second-order valence-electron chi connectivity index (χ2n) is 4.11. The summed E-state index contributed by atoms with van der Waals surface area (Å²) in [5.74, 6) is 0. The second kappa shape index (κ2) is 5.68. The van der Waals surface area contributed by atoms with E-state index in [1.807, 2.05) is 0 Å². The lowest BCUT2D eigenvalue weighted by atomic mass is 10.0. The first-order valence-electron chi connectivity index (χ1n) is 5.41. The molecule has 0 aliphatic rings.